The number of aromatic nitrogens is 2. The Morgan fingerprint density at radius 1 is 0.353 bits per heavy atom. The Morgan fingerprint density at radius 3 is 1.71 bits per heavy atom. The molecular weight excluding hydrogens is 617 g/mol. The molecule has 0 fully saturated rings. The quantitative estimate of drug-likeness (QED) is 0.189. The predicted molar refractivity (Wildman–Crippen MR) is 214 cm³/mol. The van der Waals surface area contributed by atoms with Crippen molar-refractivity contribution in [2.75, 3.05) is 0 Å². The van der Waals surface area contributed by atoms with Gasteiger partial charge in [0.25, 0.3) is 0 Å². The SMILES string of the molecule is CC1(C)c2cc(-c3ccc(-c4cc(-c5ccc6ccccc6c5)nc(-c5ccccc5)n4)c4ccccc34)ccc2-c2cc3ccccc3cc21. The molecule has 0 saturated carbocycles. The van der Waals surface area contributed by atoms with Crippen LogP contribution in [0, 0.1) is 0 Å². The zero-order valence-electron chi connectivity index (χ0n) is 28.6. The number of fused-ring (bicyclic) bond motifs is 6. The predicted octanol–water partition coefficient (Wildman–Crippen LogP) is 12.9. The standard InChI is InChI=1S/C49H34N2/c1-49(2)44-29-36(22-23-41(44)43-27-34-16-8-9-17-35(34)28-45(43)49)38-24-25-42(40-19-11-10-18-39(38)40)47-30-46(50-48(51-47)32-13-4-3-5-14-32)37-21-20-31-12-6-7-15-33(31)26-37/h3-30H,1-2H3. The first-order chi connectivity index (χ1) is 25.0. The van der Waals surface area contributed by atoms with E-state index in [2.05, 4.69) is 166 Å². The second-order valence-electron chi connectivity index (χ2n) is 14.2. The van der Waals surface area contributed by atoms with E-state index >= 15 is 0 Å². The highest BCUT2D eigenvalue weighted by atomic mass is 14.9. The molecule has 0 unspecified atom stereocenters. The average molecular weight is 651 g/mol. The van der Waals surface area contributed by atoms with Gasteiger partial charge in [-0.3, -0.25) is 0 Å². The summed E-state index contributed by atoms with van der Waals surface area (Å²) in [6, 6.07) is 61.3. The number of rotatable bonds is 4. The largest absolute Gasteiger partial charge is 0.228 e. The normalized spacial score (nSPS) is 13.1. The molecule has 0 spiro atoms. The third kappa shape index (κ3) is 4.79. The van der Waals surface area contributed by atoms with Crippen LogP contribution in [0.4, 0.5) is 0 Å². The molecule has 1 aliphatic rings. The summed E-state index contributed by atoms with van der Waals surface area (Å²) in [6.45, 7) is 4.73. The molecule has 9 aromatic rings. The lowest BCUT2D eigenvalue weighted by Gasteiger charge is -2.22. The summed E-state index contributed by atoms with van der Waals surface area (Å²) in [4.78, 5) is 10.3. The number of hydrogen-bond acceptors (Lipinski definition) is 2. The van der Waals surface area contributed by atoms with Gasteiger partial charge < -0.3 is 0 Å². The Hall–Kier alpha value is -6.38. The minimum absolute atomic E-state index is 0.103. The van der Waals surface area contributed by atoms with Crippen LogP contribution in [0.25, 0.3) is 88.5 Å². The highest BCUT2D eigenvalue weighted by Crippen LogP contribution is 2.51. The second kappa shape index (κ2) is 11.3. The third-order valence-corrected chi connectivity index (χ3v) is 10.9. The maximum absolute atomic E-state index is 5.22. The van der Waals surface area contributed by atoms with Gasteiger partial charge in [-0.1, -0.05) is 153 Å². The molecule has 10 rings (SSSR count). The molecule has 1 aromatic heterocycles. The summed E-state index contributed by atoms with van der Waals surface area (Å²) >= 11 is 0. The summed E-state index contributed by atoms with van der Waals surface area (Å²) in [5.41, 5.74) is 12.8. The van der Waals surface area contributed by atoms with Gasteiger partial charge in [0.05, 0.1) is 11.4 Å². The summed E-state index contributed by atoms with van der Waals surface area (Å²) < 4.78 is 0. The molecule has 2 nitrogen and oxygen atoms in total. The molecule has 0 saturated heterocycles. The van der Waals surface area contributed by atoms with Gasteiger partial charge in [-0.25, -0.2) is 9.97 Å². The van der Waals surface area contributed by atoms with Crippen molar-refractivity contribution in [1.82, 2.24) is 9.97 Å². The lowest BCUT2D eigenvalue weighted by molar-refractivity contribution is 0.661. The fraction of sp³-hybridized carbons (Fsp3) is 0.0612. The van der Waals surface area contributed by atoms with E-state index in [-0.39, 0.29) is 5.41 Å². The first kappa shape index (κ1) is 29.5. The molecule has 8 aromatic carbocycles. The van der Waals surface area contributed by atoms with Crippen LogP contribution in [0.2, 0.25) is 0 Å². The Bertz CT molecular complexity index is 2830. The van der Waals surface area contributed by atoms with E-state index in [1.165, 1.54) is 65.7 Å². The van der Waals surface area contributed by atoms with Crippen LogP contribution < -0.4 is 0 Å². The van der Waals surface area contributed by atoms with E-state index in [9.17, 15) is 0 Å². The molecule has 0 amide bonds. The first-order valence-corrected chi connectivity index (χ1v) is 17.7. The molecular formula is C49H34N2. The first-order valence-electron chi connectivity index (χ1n) is 17.7. The van der Waals surface area contributed by atoms with Crippen LogP contribution in [0.5, 0.6) is 0 Å². The number of benzene rings is 8. The van der Waals surface area contributed by atoms with Gasteiger partial charge in [0.15, 0.2) is 5.82 Å². The van der Waals surface area contributed by atoms with Crippen LogP contribution >= 0.6 is 0 Å². The van der Waals surface area contributed by atoms with Crippen molar-refractivity contribution < 1.29 is 0 Å². The van der Waals surface area contributed by atoms with Crippen molar-refractivity contribution in [3.63, 3.8) is 0 Å². The van der Waals surface area contributed by atoms with Crippen LogP contribution in [0.3, 0.4) is 0 Å². The minimum atomic E-state index is -0.103. The van der Waals surface area contributed by atoms with Crippen LogP contribution in [0.15, 0.2) is 170 Å². The van der Waals surface area contributed by atoms with E-state index < -0.39 is 0 Å². The lowest BCUT2D eigenvalue weighted by Crippen LogP contribution is -2.15. The molecule has 0 atom stereocenters. The highest BCUT2D eigenvalue weighted by Gasteiger charge is 2.36. The monoisotopic (exact) mass is 650 g/mol. The number of hydrogen-bond donors (Lipinski definition) is 0. The Labute approximate surface area is 297 Å². The van der Waals surface area contributed by atoms with E-state index in [0.717, 1.165) is 33.9 Å². The fourth-order valence-electron chi connectivity index (χ4n) is 8.16. The molecule has 1 aliphatic carbocycles. The van der Waals surface area contributed by atoms with Crippen LogP contribution in [-0.2, 0) is 5.41 Å². The Kier molecular flexibility index (Phi) is 6.56. The van der Waals surface area contributed by atoms with Gasteiger partial charge in [-0.15, -0.1) is 0 Å². The second-order valence-corrected chi connectivity index (χ2v) is 14.2. The molecule has 240 valence electrons. The van der Waals surface area contributed by atoms with E-state index in [4.69, 9.17) is 9.97 Å². The zero-order chi connectivity index (χ0) is 34.1. The summed E-state index contributed by atoms with van der Waals surface area (Å²) in [7, 11) is 0. The Morgan fingerprint density at radius 2 is 0.922 bits per heavy atom. The summed E-state index contributed by atoms with van der Waals surface area (Å²) in [6.07, 6.45) is 0. The maximum Gasteiger partial charge on any atom is 0.160 e. The molecule has 2 heteroatoms. The van der Waals surface area contributed by atoms with Gasteiger partial charge in [0.2, 0.25) is 0 Å². The maximum atomic E-state index is 5.22. The van der Waals surface area contributed by atoms with Crippen LogP contribution in [-0.4, -0.2) is 9.97 Å². The van der Waals surface area contributed by atoms with Crippen molar-refractivity contribution in [3.8, 4) is 56.2 Å². The van der Waals surface area contributed by atoms with Gasteiger partial charge in [-0.05, 0) is 96.0 Å². The van der Waals surface area contributed by atoms with Crippen molar-refractivity contribution in [2.45, 2.75) is 19.3 Å². The zero-order valence-corrected chi connectivity index (χ0v) is 28.6. The minimum Gasteiger partial charge on any atom is -0.228 e. The van der Waals surface area contributed by atoms with Crippen molar-refractivity contribution >= 4 is 32.3 Å². The van der Waals surface area contributed by atoms with Gasteiger partial charge in [0.1, 0.15) is 0 Å². The molecule has 0 aliphatic heterocycles. The van der Waals surface area contributed by atoms with E-state index in [1.54, 1.807) is 0 Å². The highest BCUT2D eigenvalue weighted by molar-refractivity contribution is 6.05. The van der Waals surface area contributed by atoms with E-state index in [1.807, 2.05) is 18.2 Å². The van der Waals surface area contributed by atoms with Gasteiger partial charge >= 0.3 is 0 Å². The molecule has 0 N–H and O–H groups in total. The summed E-state index contributed by atoms with van der Waals surface area (Å²) in [5, 5.41) is 7.37. The molecule has 0 radical (unpaired) electrons. The Balaban J connectivity index is 1.13. The smallest absolute Gasteiger partial charge is 0.160 e. The molecule has 1 heterocycles. The van der Waals surface area contributed by atoms with Crippen molar-refractivity contribution in [2.24, 2.45) is 0 Å². The third-order valence-electron chi connectivity index (χ3n) is 10.9. The van der Waals surface area contributed by atoms with Gasteiger partial charge in [0, 0.05) is 22.1 Å². The van der Waals surface area contributed by atoms with Crippen molar-refractivity contribution in [3.05, 3.63) is 181 Å². The fourth-order valence-corrected chi connectivity index (χ4v) is 8.16. The van der Waals surface area contributed by atoms with Crippen LogP contribution in [0.1, 0.15) is 25.0 Å². The molecule has 0 bridgehead atoms. The lowest BCUT2D eigenvalue weighted by atomic mass is 9.81. The number of nitrogens with zero attached hydrogens (tertiary/aromatic N) is 2. The van der Waals surface area contributed by atoms with Crippen molar-refractivity contribution in [1.29, 1.82) is 0 Å². The van der Waals surface area contributed by atoms with Gasteiger partial charge in [-0.2, -0.15) is 0 Å². The van der Waals surface area contributed by atoms with E-state index in [0.29, 0.717) is 0 Å². The summed E-state index contributed by atoms with van der Waals surface area (Å²) in [5.74, 6) is 0.720. The molecule has 51 heavy (non-hydrogen) atoms. The average Bonchev–Trinajstić information content (AvgIpc) is 3.41. The topological polar surface area (TPSA) is 25.8 Å².